The number of carboxylic acid groups (broad SMARTS) is 1. The first-order chi connectivity index (χ1) is 3.50. The quantitative estimate of drug-likeness (QED) is 0.839. The Morgan fingerprint density at radius 3 is 1.89 bits per heavy atom. The Bertz CT molecular complexity index is 99.2. The van der Waals surface area contributed by atoms with E-state index in [-0.39, 0.29) is 20.4 Å². The summed E-state index contributed by atoms with van der Waals surface area (Å²) in [5.41, 5.74) is -0.542. The minimum Gasteiger partial charge on any atom is -0.481 e. The molecule has 0 amide bonds. The van der Waals surface area contributed by atoms with Crippen molar-refractivity contribution >= 4 is 5.97 Å². The summed E-state index contributed by atoms with van der Waals surface area (Å²) in [5.74, 6) is -0.722. The first-order valence-electron chi connectivity index (χ1n) is 2.74. The summed E-state index contributed by atoms with van der Waals surface area (Å²) in [6.07, 6.45) is 0.683. The zero-order chi connectivity index (χ0) is 6.78. The van der Waals surface area contributed by atoms with Crippen LogP contribution in [0.25, 0.3) is 0 Å². The summed E-state index contributed by atoms with van der Waals surface area (Å²) in [5, 5.41) is 8.44. The second-order valence-electron chi connectivity index (χ2n) is 2.54. The van der Waals surface area contributed by atoms with Crippen LogP contribution in [0, 0.1) is 5.41 Å². The fourth-order valence-corrected chi connectivity index (χ4v) is 0.151. The largest absolute Gasteiger partial charge is 0.481 e. The van der Waals surface area contributed by atoms with E-state index in [9.17, 15) is 4.79 Å². The van der Waals surface area contributed by atoms with Crippen LogP contribution in [-0.2, 0) is 25.2 Å². The molecule has 9 heavy (non-hydrogen) atoms. The Balaban J connectivity index is 0. The summed E-state index contributed by atoms with van der Waals surface area (Å²) >= 11 is 0. The zero-order valence-corrected chi connectivity index (χ0v) is 8.66. The van der Waals surface area contributed by atoms with Crippen molar-refractivity contribution in [1.82, 2.24) is 0 Å². The fourth-order valence-electron chi connectivity index (χ4n) is 0.151. The maximum Gasteiger partial charge on any atom is 0.309 e. The van der Waals surface area contributed by atoms with E-state index in [0.717, 1.165) is 0 Å². The molecular weight excluding hydrogens is 290 g/mol. The van der Waals surface area contributed by atoms with Gasteiger partial charge in [-0.05, 0) is 20.3 Å². The molecule has 0 heterocycles. The van der Waals surface area contributed by atoms with Gasteiger partial charge in [0, 0.05) is 20.4 Å². The van der Waals surface area contributed by atoms with Crippen molar-refractivity contribution < 1.29 is 30.3 Å². The van der Waals surface area contributed by atoms with Crippen LogP contribution in [0.2, 0.25) is 0 Å². The van der Waals surface area contributed by atoms with E-state index in [1.54, 1.807) is 13.8 Å². The predicted octanol–water partition coefficient (Wildman–Crippen LogP) is 1.50. The van der Waals surface area contributed by atoms with Crippen molar-refractivity contribution in [2.24, 2.45) is 5.41 Å². The Morgan fingerprint density at radius 1 is 1.56 bits per heavy atom. The van der Waals surface area contributed by atoms with E-state index in [1.807, 2.05) is 6.92 Å². The van der Waals surface area contributed by atoms with Gasteiger partial charge in [-0.3, -0.25) is 4.79 Å². The minimum absolute atomic E-state index is 0. The number of rotatable bonds is 2. The average molecular weight is 302 g/mol. The van der Waals surface area contributed by atoms with E-state index >= 15 is 0 Å². The summed E-state index contributed by atoms with van der Waals surface area (Å²) in [7, 11) is 0. The van der Waals surface area contributed by atoms with Crippen LogP contribution in [0.15, 0.2) is 0 Å². The van der Waals surface area contributed by atoms with Gasteiger partial charge in [0.25, 0.3) is 0 Å². The van der Waals surface area contributed by atoms with E-state index in [4.69, 9.17) is 5.11 Å². The molecule has 0 saturated heterocycles. The number of carbonyl (C=O) groups is 1. The van der Waals surface area contributed by atoms with E-state index in [0.29, 0.717) is 6.42 Å². The van der Waals surface area contributed by atoms with Crippen LogP contribution >= 0.6 is 0 Å². The van der Waals surface area contributed by atoms with Crippen molar-refractivity contribution in [1.29, 1.82) is 0 Å². The molecular formula is C6H12O2Re. The summed E-state index contributed by atoms with van der Waals surface area (Å²) in [6, 6.07) is 0. The van der Waals surface area contributed by atoms with Crippen molar-refractivity contribution in [2.45, 2.75) is 27.2 Å². The number of carboxylic acids is 1. The molecule has 0 unspecified atom stereocenters. The van der Waals surface area contributed by atoms with Gasteiger partial charge in [-0.2, -0.15) is 0 Å². The molecule has 0 atom stereocenters. The van der Waals surface area contributed by atoms with Gasteiger partial charge in [0.15, 0.2) is 0 Å². The molecule has 0 spiro atoms. The van der Waals surface area contributed by atoms with E-state index in [1.165, 1.54) is 0 Å². The van der Waals surface area contributed by atoms with Crippen molar-refractivity contribution in [2.75, 3.05) is 0 Å². The minimum atomic E-state index is -0.722. The van der Waals surface area contributed by atoms with Gasteiger partial charge in [-0.25, -0.2) is 0 Å². The number of aliphatic carboxylic acids is 1. The first-order valence-corrected chi connectivity index (χ1v) is 2.74. The molecule has 0 bridgehead atoms. The third-order valence-corrected chi connectivity index (χ3v) is 1.46. The SMILES string of the molecule is CCC(C)(C)C(=O)O.[Re]. The average Bonchev–Trinajstić information content (AvgIpc) is 1.67. The second kappa shape index (κ2) is 4.03. The van der Waals surface area contributed by atoms with Crippen LogP contribution in [0.3, 0.4) is 0 Å². The third-order valence-electron chi connectivity index (χ3n) is 1.46. The summed E-state index contributed by atoms with van der Waals surface area (Å²) in [4.78, 5) is 10.3. The van der Waals surface area contributed by atoms with Gasteiger partial charge in [0.2, 0.25) is 0 Å². The van der Waals surface area contributed by atoms with Crippen molar-refractivity contribution in [3.8, 4) is 0 Å². The number of hydrogen-bond acceptors (Lipinski definition) is 1. The van der Waals surface area contributed by atoms with Gasteiger partial charge >= 0.3 is 5.97 Å². The molecule has 0 aliphatic heterocycles. The van der Waals surface area contributed by atoms with Gasteiger partial charge < -0.3 is 5.11 Å². The van der Waals surface area contributed by atoms with Crippen molar-refractivity contribution in [3.63, 3.8) is 0 Å². The topological polar surface area (TPSA) is 37.3 Å². The van der Waals surface area contributed by atoms with Crippen LogP contribution in [-0.4, -0.2) is 11.1 Å². The molecule has 0 aromatic rings. The normalized spacial score (nSPS) is 10.1. The molecule has 3 heteroatoms. The molecule has 2 nitrogen and oxygen atoms in total. The summed E-state index contributed by atoms with van der Waals surface area (Å²) < 4.78 is 0. The van der Waals surface area contributed by atoms with Gasteiger partial charge in [-0.15, -0.1) is 0 Å². The Kier molecular flexibility index (Phi) is 5.32. The Morgan fingerprint density at radius 2 is 1.89 bits per heavy atom. The predicted molar refractivity (Wildman–Crippen MR) is 31.7 cm³/mol. The van der Waals surface area contributed by atoms with Gasteiger partial charge in [0.05, 0.1) is 5.41 Å². The van der Waals surface area contributed by atoms with Crippen LogP contribution in [0.4, 0.5) is 0 Å². The molecule has 0 aliphatic carbocycles. The molecule has 1 radical (unpaired) electrons. The number of hydrogen-bond donors (Lipinski definition) is 1. The molecule has 0 aliphatic rings. The molecule has 0 aromatic carbocycles. The molecule has 55 valence electrons. The molecule has 0 saturated carbocycles. The van der Waals surface area contributed by atoms with E-state index in [2.05, 4.69) is 0 Å². The molecule has 0 fully saturated rings. The second-order valence-corrected chi connectivity index (χ2v) is 2.54. The molecule has 1 N–H and O–H groups in total. The van der Waals surface area contributed by atoms with E-state index < -0.39 is 11.4 Å². The third kappa shape index (κ3) is 3.67. The summed E-state index contributed by atoms with van der Waals surface area (Å²) in [6.45, 7) is 5.30. The maximum absolute atomic E-state index is 10.3. The smallest absolute Gasteiger partial charge is 0.309 e. The maximum atomic E-state index is 10.3. The van der Waals surface area contributed by atoms with Crippen LogP contribution in [0.1, 0.15) is 27.2 Å². The van der Waals surface area contributed by atoms with Crippen LogP contribution < -0.4 is 0 Å². The zero-order valence-electron chi connectivity index (χ0n) is 5.94. The Hall–Kier alpha value is 0.132. The van der Waals surface area contributed by atoms with Gasteiger partial charge in [0.1, 0.15) is 0 Å². The van der Waals surface area contributed by atoms with Crippen molar-refractivity contribution in [3.05, 3.63) is 0 Å². The monoisotopic (exact) mass is 303 g/mol. The molecule has 0 rings (SSSR count). The first kappa shape index (κ1) is 11.9. The fraction of sp³-hybridized carbons (Fsp3) is 0.833. The Labute approximate surface area is 69.3 Å². The standard InChI is InChI=1S/C6H12O2.Re/c1-4-6(2,3)5(7)8;/h4H2,1-3H3,(H,7,8);. The van der Waals surface area contributed by atoms with Gasteiger partial charge in [-0.1, -0.05) is 6.92 Å². The van der Waals surface area contributed by atoms with Crippen LogP contribution in [0.5, 0.6) is 0 Å². The molecule has 0 aromatic heterocycles.